The SMILES string of the molecule is C=C(C)C(C)=C(CCCC)C1C=CC=C1.[Hf]. The second-order valence-corrected chi connectivity index (χ2v) is 4.33. The predicted molar refractivity (Wildman–Crippen MR) is 68.8 cm³/mol. The first-order valence-corrected chi connectivity index (χ1v) is 5.87. The normalized spacial score (nSPS) is 15.9. The van der Waals surface area contributed by atoms with Crippen LogP contribution in [0.2, 0.25) is 0 Å². The standard InChI is InChI=1S/C15H22.Hf/c1-5-6-11-15(13(4)12(2)3)14-9-7-8-10-14;/h7-10,14H,2,5-6,11H2,1,3-4H3;. The zero-order valence-corrected chi connectivity index (χ0v) is 14.3. The van der Waals surface area contributed by atoms with E-state index in [1.165, 1.54) is 30.4 Å². The summed E-state index contributed by atoms with van der Waals surface area (Å²) >= 11 is 0. The summed E-state index contributed by atoms with van der Waals surface area (Å²) in [5.41, 5.74) is 4.15. The van der Waals surface area contributed by atoms with Crippen molar-refractivity contribution in [3.05, 3.63) is 47.6 Å². The van der Waals surface area contributed by atoms with Crippen molar-refractivity contribution in [2.24, 2.45) is 5.92 Å². The van der Waals surface area contributed by atoms with Crippen molar-refractivity contribution < 1.29 is 25.8 Å². The molecule has 0 N–H and O–H groups in total. The molecule has 0 unspecified atom stereocenters. The molecule has 0 aromatic heterocycles. The third-order valence-electron chi connectivity index (χ3n) is 3.07. The van der Waals surface area contributed by atoms with E-state index in [4.69, 9.17) is 0 Å². The van der Waals surface area contributed by atoms with Gasteiger partial charge in [0, 0.05) is 31.8 Å². The van der Waals surface area contributed by atoms with Gasteiger partial charge < -0.3 is 0 Å². The average molecular weight is 381 g/mol. The Morgan fingerprint density at radius 1 is 1.19 bits per heavy atom. The van der Waals surface area contributed by atoms with Crippen LogP contribution >= 0.6 is 0 Å². The average Bonchev–Trinajstić information content (AvgIpc) is 2.71. The molecule has 16 heavy (non-hydrogen) atoms. The van der Waals surface area contributed by atoms with Crippen LogP contribution in [0.3, 0.4) is 0 Å². The summed E-state index contributed by atoms with van der Waals surface area (Å²) in [6, 6.07) is 0. The summed E-state index contributed by atoms with van der Waals surface area (Å²) in [7, 11) is 0. The summed E-state index contributed by atoms with van der Waals surface area (Å²) < 4.78 is 0. The van der Waals surface area contributed by atoms with Gasteiger partial charge in [-0.25, -0.2) is 0 Å². The molecule has 1 aliphatic rings. The summed E-state index contributed by atoms with van der Waals surface area (Å²) in [5, 5.41) is 0. The van der Waals surface area contributed by atoms with Gasteiger partial charge in [0.2, 0.25) is 0 Å². The maximum Gasteiger partial charge on any atom is 0.0169 e. The molecule has 0 fully saturated rings. The molecular weight excluding hydrogens is 359 g/mol. The molecular formula is C15H22Hf. The van der Waals surface area contributed by atoms with Crippen LogP contribution in [-0.4, -0.2) is 0 Å². The Bertz CT molecular complexity index is 306. The largest absolute Gasteiger partial charge is 0.0958 e. The van der Waals surface area contributed by atoms with E-state index in [0.717, 1.165) is 0 Å². The number of hydrogen-bond donors (Lipinski definition) is 0. The maximum atomic E-state index is 4.05. The van der Waals surface area contributed by atoms with Gasteiger partial charge in [-0.2, -0.15) is 0 Å². The Morgan fingerprint density at radius 2 is 1.75 bits per heavy atom. The smallest absolute Gasteiger partial charge is 0.0169 e. The van der Waals surface area contributed by atoms with Gasteiger partial charge in [-0.15, -0.1) is 0 Å². The first-order chi connectivity index (χ1) is 7.16. The zero-order chi connectivity index (χ0) is 11.3. The molecule has 1 rings (SSSR count). The Kier molecular flexibility index (Phi) is 7.92. The Morgan fingerprint density at radius 3 is 2.19 bits per heavy atom. The molecule has 0 aromatic carbocycles. The molecule has 0 heterocycles. The fraction of sp³-hybridized carbons (Fsp3) is 0.467. The molecule has 0 saturated heterocycles. The summed E-state index contributed by atoms with van der Waals surface area (Å²) in [6.45, 7) is 10.6. The molecule has 0 spiro atoms. The van der Waals surface area contributed by atoms with Crippen LogP contribution in [0, 0.1) is 5.92 Å². The van der Waals surface area contributed by atoms with E-state index in [0.29, 0.717) is 5.92 Å². The van der Waals surface area contributed by atoms with Gasteiger partial charge in [0.25, 0.3) is 0 Å². The van der Waals surface area contributed by atoms with Crippen LogP contribution in [0.4, 0.5) is 0 Å². The third kappa shape index (κ3) is 4.37. The quantitative estimate of drug-likeness (QED) is 0.474. The molecule has 0 aromatic rings. The molecule has 0 radical (unpaired) electrons. The van der Waals surface area contributed by atoms with Crippen molar-refractivity contribution in [3.8, 4) is 0 Å². The maximum absolute atomic E-state index is 4.05. The van der Waals surface area contributed by atoms with Crippen LogP contribution in [0.1, 0.15) is 40.0 Å². The predicted octanol–water partition coefficient (Wildman–Crippen LogP) is 4.81. The monoisotopic (exact) mass is 382 g/mol. The number of rotatable bonds is 5. The number of allylic oxidation sites excluding steroid dienone is 7. The molecule has 0 bridgehead atoms. The minimum Gasteiger partial charge on any atom is -0.0958 e. The Labute approximate surface area is 119 Å². The zero-order valence-electron chi connectivity index (χ0n) is 10.7. The molecule has 0 nitrogen and oxygen atoms in total. The van der Waals surface area contributed by atoms with E-state index in [1.54, 1.807) is 5.57 Å². The van der Waals surface area contributed by atoms with E-state index in [1.807, 2.05) is 0 Å². The van der Waals surface area contributed by atoms with Gasteiger partial charge in [-0.1, -0.05) is 55.4 Å². The Hall–Kier alpha value is -0.170. The fourth-order valence-electron chi connectivity index (χ4n) is 1.91. The van der Waals surface area contributed by atoms with E-state index < -0.39 is 0 Å². The minimum atomic E-state index is 0. The van der Waals surface area contributed by atoms with Crippen LogP contribution in [0.25, 0.3) is 0 Å². The molecule has 0 atom stereocenters. The van der Waals surface area contributed by atoms with E-state index >= 15 is 0 Å². The topological polar surface area (TPSA) is 0 Å². The van der Waals surface area contributed by atoms with Gasteiger partial charge in [-0.05, 0) is 32.3 Å². The van der Waals surface area contributed by atoms with Crippen LogP contribution < -0.4 is 0 Å². The van der Waals surface area contributed by atoms with Gasteiger partial charge in [0.05, 0.1) is 0 Å². The molecule has 1 heteroatoms. The fourth-order valence-corrected chi connectivity index (χ4v) is 1.91. The number of hydrogen-bond acceptors (Lipinski definition) is 0. The van der Waals surface area contributed by atoms with Crippen molar-refractivity contribution in [2.45, 2.75) is 40.0 Å². The number of unbranched alkanes of at least 4 members (excludes halogenated alkanes) is 1. The summed E-state index contributed by atoms with van der Waals surface area (Å²) in [6.07, 6.45) is 12.6. The summed E-state index contributed by atoms with van der Waals surface area (Å²) in [5.74, 6) is 0.522. The second-order valence-electron chi connectivity index (χ2n) is 4.33. The van der Waals surface area contributed by atoms with Gasteiger partial charge in [-0.3, -0.25) is 0 Å². The van der Waals surface area contributed by atoms with E-state index in [2.05, 4.69) is 51.7 Å². The van der Waals surface area contributed by atoms with Crippen molar-refractivity contribution in [3.63, 3.8) is 0 Å². The van der Waals surface area contributed by atoms with Crippen molar-refractivity contribution in [1.29, 1.82) is 0 Å². The first-order valence-electron chi connectivity index (χ1n) is 5.87. The first kappa shape index (κ1) is 15.8. The van der Waals surface area contributed by atoms with Gasteiger partial charge in [0.1, 0.15) is 0 Å². The minimum absolute atomic E-state index is 0. The molecule has 1 aliphatic carbocycles. The van der Waals surface area contributed by atoms with Gasteiger partial charge >= 0.3 is 0 Å². The van der Waals surface area contributed by atoms with Gasteiger partial charge in [0.15, 0.2) is 0 Å². The second kappa shape index (κ2) is 8.00. The Balaban J connectivity index is 0.00000225. The van der Waals surface area contributed by atoms with Crippen LogP contribution in [-0.2, 0) is 25.8 Å². The van der Waals surface area contributed by atoms with E-state index in [-0.39, 0.29) is 25.8 Å². The van der Waals surface area contributed by atoms with Crippen LogP contribution in [0.15, 0.2) is 47.6 Å². The van der Waals surface area contributed by atoms with E-state index in [9.17, 15) is 0 Å². The van der Waals surface area contributed by atoms with Crippen LogP contribution in [0.5, 0.6) is 0 Å². The van der Waals surface area contributed by atoms with Crippen molar-refractivity contribution in [2.75, 3.05) is 0 Å². The summed E-state index contributed by atoms with van der Waals surface area (Å²) in [4.78, 5) is 0. The molecule has 0 amide bonds. The molecule has 86 valence electrons. The molecule has 0 aliphatic heterocycles. The van der Waals surface area contributed by atoms with Crippen molar-refractivity contribution >= 4 is 0 Å². The van der Waals surface area contributed by atoms with Crippen molar-refractivity contribution in [1.82, 2.24) is 0 Å². The molecule has 0 saturated carbocycles. The third-order valence-corrected chi connectivity index (χ3v) is 3.07.